The van der Waals surface area contributed by atoms with Gasteiger partial charge < -0.3 is 28.8 Å². The summed E-state index contributed by atoms with van der Waals surface area (Å²) < 4.78 is 33.2. The highest BCUT2D eigenvalue weighted by Gasteiger charge is 2.76. The standard InChI is InChI=1S/C33H52O10/c1-17-8-10-22-20(4)26(37-27-32(22)21(17)12-13-29(5,38-27)40-42-32)24(34)16-25-19(3)23-11-9-18(2)31(35-7)15-14-30(6)39-28(36-25)33(23,31)43-41-30/h17-28,34H,8-16H2,1-7H3/t17-,18-,19-,20-,21+,22+,23+,24-,25-,26?,27-,28-,29+,30+,31-,32-,33-/m1/s1. The van der Waals surface area contributed by atoms with Crippen LogP contribution in [0.5, 0.6) is 0 Å². The van der Waals surface area contributed by atoms with Gasteiger partial charge in [0.15, 0.2) is 23.8 Å². The maximum Gasteiger partial charge on any atom is 0.201 e. The van der Waals surface area contributed by atoms with Crippen molar-refractivity contribution in [1.29, 1.82) is 0 Å². The largest absolute Gasteiger partial charge is 0.390 e. The van der Waals surface area contributed by atoms with E-state index in [2.05, 4.69) is 27.7 Å². The topological polar surface area (TPSA) is 103 Å². The molecule has 10 nitrogen and oxygen atoms in total. The molecule has 10 fully saturated rings. The first-order chi connectivity index (χ1) is 20.4. The molecule has 8 saturated heterocycles. The summed E-state index contributed by atoms with van der Waals surface area (Å²) in [7, 11) is 1.79. The molecule has 0 aromatic rings. The number of aliphatic hydroxyl groups is 1. The maximum absolute atomic E-state index is 12.0. The SMILES string of the molecule is CO[C@@]12CC[C@]3(C)OO[C@]14[C@H](O[C@H](C[C@@H](O)C1O[C@@H]5O[C@]6(C)CC[C@H]7[C@H](C)CC[C@@H]([C@H]1C)[C@@]57OO6)[C@H](C)[C@@H]4CC[C@H]2C)O3. The Bertz CT molecular complexity index is 1110. The average Bonchev–Trinajstić information content (AvgIpc) is 3.33. The molecular formula is C33H52O10. The third-order valence-electron chi connectivity index (χ3n) is 13.9. The minimum atomic E-state index is -0.912. The Morgan fingerprint density at radius 3 is 2.26 bits per heavy atom. The number of hydrogen-bond donors (Lipinski definition) is 1. The maximum atomic E-state index is 12.0. The zero-order valence-electron chi connectivity index (χ0n) is 26.9. The minimum absolute atomic E-state index is 0.0543. The molecule has 10 rings (SSSR count). The van der Waals surface area contributed by atoms with Crippen LogP contribution in [0.15, 0.2) is 0 Å². The number of fused-ring (bicyclic) bond motifs is 4. The van der Waals surface area contributed by atoms with Crippen LogP contribution in [-0.2, 0) is 43.2 Å². The van der Waals surface area contributed by atoms with Crippen molar-refractivity contribution in [3.63, 3.8) is 0 Å². The van der Waals surface area contributed by atoms with Gasteiger partial charge in [-0.3, -0.25) is 0 Å². The van der Waals surface area contributed by atoms with Crippen molar-refractivity contribution in [3.05, 3.63) is 0 Å². The molecule has 10 aliphatic rings. The average molecular weight is 609 g/mol. The van der Waals surface area contributed by atoms with Crippen LogP contribution in [0, 0.1) is 41.4 Å². The molecule has 0 aromatic carbocycles. The van der Waals surface area contributed by atoms with Gasteiger partial charge in [-0.2, -0.15) is 0 Å². The highest BCUT2D eigenvalue weighted by molar-refractivity contribution is 5.19. The third-order valence-corrected chi connectivity index (χ3v) is 13.9. The quantitative estimate of drug-likeness (QED) is 0.438. The zero-order chi connectivity index (χ0) is 30.2. The first-order valence-electron chi connectivity index (χ1n) is 17.1. The lowest BCUT2D eigenvalue weighted by molar-refractivity contribution is -0.581. The summed E-state index contributed by atoms with van der Waals surface area (Å²) in [6.07, 6.45) is 5.06. The van der Waals surface area contributed by atoms with E-state index in [9.17, 15) is 5.11 Å². The molecule has 244 valence electrons. The molecule has 17 atom stereocenters. The number of rotatable bonds is 4. The normalized spacial score (nSPS) is 61.3. The van der Waals surface area contributed by atoms with E-state index >= 15 is 0 Å². The summed E-state index contributed by atoms with van der Waals surface area (Å²) in [5, 5.41) is 12.0. The lowest BCUT2D eigenvalue weighted by Gasteiger charge is -2.64. The van der Waals surface area contributed by atoms with Crippen molar-refractivity contribution in [3.8, 4) is 0 Å². The smallest absolute Gasteiger partial charge is 0.201 e. The fourth-order valence-electron chi connectivity index (χ4n) is 11.4. The van der Waals surface area contributed by atoms with E-state index in [1.165, 1.54) is 0 Å². The predicted molar refractivity (Wildman–Crippen MR) is 151 cm³/mol. The molecule has 0 radical (unpaired) electrons. The van der Waals surface area contributed by atoms with Crippen LogP contribution in [0.4, 0.5) is 0 Å². The van der Waals surface area contributed by atoms with Gasteiger partial charge in [0.25, 0.3) is 0 Å². The van der Waals surface area contributed by atoms with E-state index < -0.39 is 53.2 Å². The zero-order valence-corrected chi connectivity index (χ0v) is 26.9. The highest BCUT2D eigenvalue weighted by atomic mass is 17.3. The minimum Gasteiger partial charge on any atom is -0.390 e. The van der Waals surface area contributed by atoms with E-state index in [4.69, 9.17) is 43.2 Å². The molecule has 0 amide bonds. The third kappa shape index (κ3) is 3.82. The Balaban J connectivity index is 1.07. The van der Waals surface area contributed by atoms with E-state index in [1.54, 1.807) is 7.11 Å². The lowest BCUT2D eigenvalue weighted by Crippen LogP contribution is -2.77. The molecule has 2 spiro atoms. The van der Waals surface area contributed by atoms with E-state index in [0.717, 1.165) is 44.9 Å². The van der Waals surface area contributed by atoms with Crippen LogP contribution < -0.4 is 0 Å². The Morgan fingerprint density at radius 1 is 0.744 bits per heavy atom. The van der Waals surface area contributed by atoms with Crippen LogP contribution in [0.3, 0.4) is 0 Å². The predicted octanol–water partition coefficient (Wildman–Crippen LogP) is 5.01. The molecule has 1 N–H and O–H groups in total. The number of hydrogen-bond acceptors (Lipinski definition) is 10. The second-order valence-electron chi connectivity index (χ2n) is 15.9. The Hall–Kier alpha value is -0.400. The van der Waals surface area contributed by atoms with Crippen molar-refractivity contribution >= 4 is 0 Å². The first kappa shape index (κ1) is 30.0. The monoisotopic (exact) mass is 608 g/mol. The summed E-state index contributed by atoms with van der Waals surface area (Å²) in [6, 6.07) is 0. The van der Waals surface area contributed by atoms with Gasteiger partial charge in [0, 0.05) is 38.2 Å². The molecule has 1 unspecified atom stereocenters. The summed E-state index contributed by atoms with van der Waals surface area (Å²) in [5.41, 5.74) is -2.09. The fraction of sp³-hybridized carbons (Fsp3) is 1.00. The fourth-order valence-corrected chi connectivity index (χ4v) is 11.4. The van der Waals surface area contributed by atoms with Crippen molar-refractivity contribution in [1.82, 2.24) is 0 Å². The van der Waals surface area contributed by atoms with Gasteiger partial charge in [0.1, 0.15) is 5.60 Å². The van der Waals surface area contributed by atoms with Gasteiger partial charge in [-0.25, -0.2) is 19.6 Å². The van der Waals surface area contributed by atoms with E-state index in [1.807, 2.05) is 13.8 Å². The number of methoxy groups -OCH3 is 1. The van der Waals surface area contributed by atoms with Crippen molar-refractivity contribution in [2.75, 3.05) is 7.11 Å². The molecule has 10 heteroatoms. The van der Waals surface area contributed by atoms with Crippen LogP contribution >= 0.6 is 0 Å². The highest BCUT2D eigenvalue weighted by Crippen LogP contribution is 2.64. The van der Waals surface area contributed by atoms with Crippen LogP contribution in [0.2, 0.25) is 0 Å². The van der Waals surface area contributed by atoms with E-state index in [0.29, 0.717) is 24.7 Å². The summed E-state index contributed by atoms with van der Waals surface area (Å²) in [4.78, 5) is 24.7. The molecule has 8 aliphatic heterocycles. The molecule has 4 bridgehead atoms. The summed E-state index contributed by atoms with van der Waals surface area (Å²) in [6.45, 7) is 12.8. The lowest BCUT2D eigenvalue weighted by atomic mass is 9.54. The van der Waals surface area contributed by atoms with Gasteiger partial charge in [-0.15, -0.1) is 0 Å². The molecule has 0 aromatic heterocycles. The van der Waals surface area contributed by atoms with Gasteiger partial charge in [0.05, 0.1) is 18.3 Å². The Kier molecular flexibility index (Phi) is 6.84. The molecular weight excluding hydrogens is 556 g/mol. The second kappa shape index (κ2) is 9.81. The van der Waals surface area contributed by atoms with Crippen LogP contribution in [0.1, 0.15) is 99.3 Å². The van der Waals surface area contributed by atoms with Gasteiger partial charge >= 0.3 is 0 Å². The van der Waals surface area contributed by atoms with Crippen molar-refractivity contribution in [2.45, 2.75) is 159 Å². The van der Waals surface area contributed by atoms with Crippen LogP contribution in [0.25, 0.3) is 0 Å². The van der Waals surface area contributed by atoms with Gasteiger partial charge in [-0.05, 0) is 82.0 Å². The summed E-state index contributed by atoms with van der Waals surface area (Å²) in [5.74, 6) is -0.330. The first-order valence-corrected chi connectivity index (χ1v) is 17.1. The van der Waals surface area contributed by atoms with Gasteiger partial charge in [0.2, 0.25) is 11.6 Å². The number of ether oxygens (including phenoxy) is 5. The molecule has 43 heavy (non-hydrogen) atoms. The number of aliphatic hydroxyl groups excluding tert-OH is 1. The molecule has 2 saturated carbocycles. The molecule has 8 heterocycles. The van der Waals surface area contributed by atoms with E-state index in [-0.39, 0.29) is 35.7 Å². The van der Waals surface area contributed by atoms with Gasteiger partial charge in [-0.1, -0.05) is 27.7 Å². The van der Waals surface area contributed by atoms with Crippen molar-refractivity contribution in [2.24, 2.45) is 41.4 Å². The second-order valence-corrected chi connectivity index (χ2v) is 15.9. The molecule has 2 aliphatic carbocycles. The van der Waals surface area contributed by atoms with Crippen LogP contribution in [-0.4, -0.2) is 71.5 Å². The van der Waals surface area contributed by atoms with Crippen molar-refractivity contribution < 1.29 is 48.3 Å². The summed E-state index contributed by atoms with van der Waals surface area (Å²) >= 11 is 0. The Morgan fingerprint density at radius 2 is 1.47 bits per heavy atom. The Labute approximate surface area is 255 Å².